The summed E-state index contributed by atoms with van der Waals surface area (Å²) < 4.78 is 28.4. The van der Waals surface area contributed by atoms with Crippen molar-refractivity contribution in [2.75, 3.05) is 0 Å². The van der Waals surface area contributed by atoms with Crippen LogP contribution >= 0.6 is 27.5 Å². The third kappa shape index (κ3) is 3.04. The number of aldehydes is 1. The first-order valence-electron chi connectivity index (χ1n) is 6.45. The van der Waals surface area contributed by atoms with Crippen LogP contribution in [0.4, 0.5) is 8.78 Å². The Labute approximate surface area is 143 Å². The van der Waals surface area contributed by atoms with Crippen LogP contribution in [0.5, 0.6) is 0 Å². The van der Waals surface area contributed by atoms with Crippen molar-refractivity contribution in [2.45, 2.75) is 0 Å². The Balaban J connectivity index is 2.20. The molecule has 0 atom stereocenters. The van der Waals surface area contributed by atoms with E-state index in [1.54, 1.807) is 24.3 Å². The molecule has 0 aliphatic heterocycles. The Hall–Kier alpha value is -2.05. The quantitative estimate of drug-likeness (QED) is 0.580. The Morgan fingerprint density at radius 2 is 1.70 bits per heavy atom. The fraction of sp³-hybridized carbons (Fsp3) is 0. The molecule has 23 heavy (non-hydrogen) atoms. The third-order valence-corrected chi connectivity index (χ3v) is 4.21. The van der Waals surface area contributed by atoms with Gasteiger partial charge in [0.25, 0.3) is 0 Å². The number of carbonyl (C=O) groups is 1. The molecule has 0 amide bonds. The highest BCUT2D eigenvalue weighted by Crippen LogP contribution is 2.30. The Morgan fingerprint density at radius 1 is 1.09 bits per heavy atom. The highest BCUT2D eigenvalue weighted by molar-refractivity contribution is 9.10. The van der Waals surface area contributed by atoms with Gasteiger partial charge in [-0.2, -0.15) is 5.10 Å². The molecule has 0 aliphatic rings. The third-order valence-electron chi connectivity index (χ3n) is 3.19. The Morgan fingerprint density at radius 3 is 2.26 bits per heavy atom. The maximum atomic E-state index is 13.4. The molecule has 1 aromatic heterocycles. The smallest absolute Gasteiger partial charge is 0.155 e. The predicted molar refractivity (Wildman–Crippen MR) is 87.0 cm³/mol. The minimum atomic E-state index is -0.733. The summed E-state index contributed by atoms with van der Waals surface area (Å²) in [5.41, 5.74) is 1.48. The number of benzene rings is 2. The SMILES string of the molecule is O=Cc1c(-c2ccc(Cl)cc2)nn(-c2cc(F)cc(F)c2)c1Br. The molecule has 0 N–H and O–H groups in total. The van der Waals surface area contributed by atoms with E-state index in [1.165, 1.54) is 4.68 Å². The van der Waals surface area contributed by atoms with E-state index in [-0.39, 0.29) is 11.3 Å². The fourth-order valence-electron chi connectivity index (χ4n) is 2.17. The molecule has 0 fully saturated rings. The zero-order valence-electron chi connectivity index (χ0n) is 11.4. The van der Waals surface area contributed by atoms with Crippen LogP contribution in [0.15, 0.2) is 47.1 Å². The van der Waals surface area contributed by atoms with Crippen LogP contribution in [0.25, 0.3) is 16.9 Å². The van der Waals surface area contributed by atoms with Gasteiger partial charge in [0, 0.05) is 16.7 Å². The molecule has 3 rings (SSSR count). The summed E-state index contributed by atoms with van der Waals surface area (Å²) in [7, 11) is 0. The lowest BCUT2D eigenvalue weighted by atomic mass is 10.1. The average Bonchev–Trinajstić information content (AvgIpc) is 2.84. The van der Waals surface area contributed by atoms with E-state index in [0.717, 1.165) is 18.2 Å². The fourth-order valence-corrected chi connectivity index (χ4v) is 2.86. The van der Waals surface area contributed by atoms with Crippen molar-refractivity contribution < 1.29 is 13.6 Å². The summed E-state index contributed by atoms with van der Waals surface area (Å²) >= 11 is 9.11. The van der Waals surface area contributed by atoms with Crippen LogP contribution in [0.3, 0.4) is 0 Å². The molecular weight excluding hydrogens is 390 g/mol. The van der Waals surface area contributed by atoms with E-state index in [0.29, 0.717) is 27.2 Å². The van der Waals surface area contributed by atoms with Gasteiger partial charge < -0.3 is 0 Å². The van der Waals surface area contributed by atoms with E-state index in [1.807, 2.05) is 0 Å². The van der Waals surface area contributed by atoms with Crippen molar-refractivity contribution in [2.24, 2.45) is 0 Å². The van der Waals surface area contributed by atoms with Gasteiger partial charge in [0.2, 0.25) is 0 Å². The highest BCUT2D eigenvalue weighted by atomic mass is 79.9. The summed E-state index contributed by atoms with van der Waals surface area (Å²) in [5, 5.41) is 4.84. The monoisotopic (exact) mass is 396 g/mol. The van der Waals surface area contributed by atoms with Gasteiger partial charge in [0.05, 0.1) is 11.3 Å². The molecular formula is C16H8BrClF2N2O. The maximum absolute atomic E-state index is 13.4. The molecule has 0 saturated heterocycles. The molecule has 0 unspecified atom stereocenters. The Bertz CT molecular complexity index is 874. The second-order valence-electron chi connectivity index (χ2n) is 4.72. The van der Waals surface area contributed by atoms with Gasteiger partial charge in [0.15, 0.2) is 6.29 Å². The normalized spacial score (nSPS) is 10.8. The molecule has 1 heterocycles. The minimum absolute atomic E-state index is 0.165. The van der Waals surface area contributed by atoms with Crippen molar-refractivity contribution in [1.82, 2.24) is 9.78 Å². The molecule has 7 heteroatoms. The molecule has 3 aromatic rings. The average molecular weight is 398 g/mol. The highest BCUT2D eigenvalue weighted by Gasteiger charge is 2.18. The summed E-state index contributed by atoms with van der Waals surface area (Å²) in [4.78, 5) is 11.4. The van der Waals surface area contributed by atoms with Gasteiger partial charge >= 0.3 is 0 Å². The lowest BCUT2D eigenvalue weighted by Crippen LogP contribution is -1.99. The largest absolute Gasteiger partial charge is 0.298 e. The van der Waals surface area contributed by atoms with E-state index in [2.05, 4.69) is 21.0 Å². The Kier molecular flexibility index (Phi) is 4.28. The van der Waals surface area contributed by atoms with Crippen LogP contribution in [0.1, 0.15) is 10.4 Å². The molecule has 0 aliphatic carbocycles. The van der Waals surface area contributed by atoms with E-state index >= 15 is 0 Å². The van der Waals surface area contributed by atoms with Crippen LogP contribution in [-0.2, 0) is 0 Å². The van der Waals surface area contributed by atoms with Gasteiger partial charge in [-0.3, -0.25) is 4.79 Å². The van der Waals surface area contributed by atoms with Gasteiger partial charge in [0.1, 0.15) is 21.9 Å². The van der Waals surface area contributed by atoms with E-state index in [4.69, 9.17) is 11.6 Å². The minimum Gasteiger partial charge on any atom is -0.298 e. The molecule has 0 radical (unpaired) electrons. The molecule has 0 bridgehead atoms. The standard InChI is InChI=1S/C16H8BrClF2N2O/c17-16-14(8-23)15(9-1-3-10(18)4-2-9)21-22(16)13-6-11(19)5-12(20)7-13/h1-8H. The maximum Gasteiger partial charge on any atom is 0.155 e. The van der Waals surface area contributed by atoms with Crippen molar-refractivity contribution in [3.05, 3.63) is 69.3 Å². The first-order valence-corrected chi connectivity index (χ1v) is 7.63. The molecule has 0 spiro atoms. The van der Waals surface area contributed by atoms with Crippen molar-refractivity contribution in [3.63, 3.8) is 0 Å². The van der Waals surface area contributed by atoms with Gasteiger partial charge in [-0.1, -0.05) is 23.7 Å². The predicted octanol–water partition coefficient (Wildman–Crippen LogP) is 5.05. The number of hydrogen-bond acceptors (Lipinski definition) is 2. The van der Waals surface area contributed by atoms with Crippen LogP contribution in [0.2, 0.25) is 5.02 Å². The zero-order chi connectivity index (χ0) is 16.6. The second kappa shape index (κ2) is 6.22. The molecule has 116 valence electrons. The molecule has 3 nitrogen and oxygen atoms in total. The van der Waals surface area contributed by atoms with E-state index < -0.39 is 11.6 Å². The lowest BCUT2D eigenvalue weighted by molar-refractivity contribution is 0.112. The molecule has 2 aromatic carbocycles. The summed E-state index contributed by atoms with van der Waals surface area (Å²) in [6.45, 7) is 0. The second-order valence-corrected chi connectivity index (χ2v) is 5.90. The number of rotatable bonds is 3. The summed E-state index contributed by atoms with van der Waals surface area (Å²) in [6, 6.07) is 9.77. The summed E-state index contributed by atoms with van der Waals surface area (Å²) in [5.74, 6) is -1.47. The van der Waals surface area contributed by atoms with Crippen molar-refractivity contribution in [1.29, 1.82) is 0 Å². The van der Waals surface area contributed by atoms with Crippen molar-refractivity contribution in [3.8, 4) is 16.9 Å². The van der Waals surface area contributed by atoms with Crippen molar-refractivity contribution >= 4 is 33.8 Å². The van der Waals surface area contributed by atoms with Gasteiger partial charge in [-0.25, -0.2) is 13.5 Å². The number of nitrogens with zero attached hydrogens (tertiary/aromatic N) is 2. The number of halogens is 4. The van der Waals surface area contributed by atoms with Gasteiger partial charge in [-0.05, 0) is 40.2 Å². The lowest BCUT2D eigenvalue weighted by Gasteiger charge is -2.03. The number of aromatic nitrogens is 2. The van der Waals surface area contributed by atoms with E-state index in [9.17, 15) is 13.6 Å². The topological polar surface area (TPSA) is 34.9 Å². The zero-order valence-corrected chi connectivity index (χ0v) is 13.8. The van der Waals surface area contributed by atoms with Crippen LogP contribution < -0.4 is 0 Å². The first-order chi connectivity index (χ1) is 11.0. The summed E-state index contributed by atoms with van der Waals surface area (Å²) in [6.07, 6.45) is 0.632. The first kappa shape index (κ1) is 15.8. The number of carbonyl (C=O) groups excluding carboxylic acids is 1. The van der Waals surface area contributed by atoms with Crippen LogP contribution in [0, 0.1) is 11.6 Å². The van der Waals surface area contributed by atoms with Gasteiger partial charge in [-0.15, -0.1) is 0 Å². The molecule has 0 saturated carbocycles. The van der Waals surface area contributed by atoms with Crippen LogP contribution in [-0.4, -0.2) is 16.1 Å². The number of hydrogen-bond donors (Lipinski definition) is 0.